The third-order valence-electron chi connectivity index (χ3n) is 4.46. The Bertz CT molecular complexity index is 710. The number of hydrogen-bond acceptors (Lipinski definition) is 7. The van der Waals surface area contributed by atoms with E-state index in [-0.39, 0.29) is 12.5 Å². The van der Waals surface area contributed by atoms with Crippen molar-refractivity contribution in [2.45, 2.75) is 12.8 Å². The minimum atomic E-state index is -0.687. The van der Waals surface area contributed by atoms with E-state index in [4.69, 9.17) is 4.74 Å². The summed E-state index contributed by atoms with van der Waals surface area (Å²) in [7, 11) is 1.54. The van der Waals surface area contributed by atoms with Gasteiger partial charge < -0.3 is 20.1 Å². The first kappa shape index (κ1) is 17.1. The topological polar surface area (TPSA) is 100 Å². The molecular weight excluding hydrogens is 322 g/mol. The predicted molar refractivity (Wildman–Crippen MR) is 92.4 cm³/mol. The van der Waals surface area contributed by atoms with Crippen LogP contribution in [0, 0.1) is 5.41 Å². The number of hydrogen-bond donors (Lipinski definition) is 2. The van der Waals surface area contributed by atoms with Gasteiger partial charge in [0.15, 0.2) is 0 Å². The van der Waals surface area contributed by atoms with E-state index in [0.717, 1.165) is 0 Å². The maximum Gasteiger partial charge on any atom is 0.232 e. The molecule has 1 aliphatic rings. The SMILES string of the molecule is COc1ccc(NC(=O)C2(CCO)CCN(c3ncccn3)C2)cn1. The van der Waals surface area contributed by atoms with Crippen LogP contribution in [-0.4, -0.2) is 52.8 Å². The molecule has 8 nitrogen and oxygen atoms in total. The number of rotatable bonds is 6. The molecule has 0 bridgehead atoms. The number of amides is 1. The number of methoxy groups -OCH3 is 1. The van der Waals surface area contributed by atoms with Gasteiger partial charge in [0.1, 0.15) is 0 Å². The summed E-state index contributed by atoms with van der Waals surface area (Å²) in [6.07, 6.45) is 5.92. The molecule has 0 aliphatic carbocycles. The molecule has 0 saturated carbocycles. The normalized spacial score (nSPS) is 19.7. The Morgan fingerprint density at radius 1 is 1.36 bits per heavy atom. The molecule has 25 heavy (non-hydrogen) atoms. The summed E-state index contributed by atoms with van der Waals surface area (Å²) in [5.74, 6) is 0.949. The molecule has 1 amide bonds. The number of ether oxygens (including phenoxy) is 1. The van der Waals surface area contributed by atoms with Gasteiger partial charge in [-0.3, -0.25) is 4.79 Å². The average Bonchev–Trinajstić information content (AvgIpc) is 3.09. The molecule has 2 aromatic heterocycles. The quantitative estimate of drug-likeness (QED) is 0.810. The van der Waals surface area contributed by atoms with Crippen LogP contribution in [0.1, 0.15) is 12.8 Å². The van der Waals surface area contributed by atoms with Gasteiger partial charge in [-0.1, -0.05) is 0 Å². The van der Waals surface area contributed by atoms with Crippen LogP contribution in [0.5, 0.6) is 5.88 Å². The Labute approximate surface area is 145 Å². The van der Waals surface area contributed by atoms with Crippen LogP contribution in [0.3, 0.4) is 0 Å². The molecule has 0 aromatic carbocycles. The second kappa shape index (κ2) is 7.43. The molecule has 0 radical (unpaired) electrons. The first-order chi connectivity index (χ1) is 12.2. The summed E-state index contributed by atoms with van der Waals surface area (Å²) in [6.45, 7) is 1.07. The summed E-state index contributed by atoms with van der Waals surface area (Å²) >= 11 is 0. The Balaban J connectivity index is 1.74. The Morgan fingerprint density at radius 3 is 2.80 bits per heavy atom. The number of aromatic nitrogens is 3. The summed E-state index contributed by atoms with van der Waals surface area (Å²) in [6, 6.07) is 5.18. The van der Waals surface area contributed by atoms with E-state index in [1.165, 1.54) is 7.11 Å². The molecule has 0 spiro atoms. The summed E-state index contributed by atoms with van der Waals surface area (Å²) in [5, 5.41) is 12.4. The first-order valence-electron chi connectivity index (χ1n) is 8.11. The molecule has 2 N–H and O–H groups in total. The number of aliphatic hydroxyl groups excluding tert-OH is 1. The zero-order chi connectivity index (χ0) is 17.7. The van der Waals surface area contributed by atoms with Crippen molar-refractivity contribution in [3.63, 3.8) is 0 Å². The number of nitrogens with zero attached hydrogens (tertiary/aromatic N) is 4. The molecule has 1 fully saturated rings. The summed E-state index contributed by atoms with van der Waals surface area (Å²) in [5.41, 5.74) is -0.0917. The zero-order valence-electron chi connectivity index (χ0n) is 14.1. The highest BCUT2D eigenvalue weighted by molar-refractivity contribution is 5.96. The number of nitrogens with one attached hydrogen (secondary N) is 1. The highest BCUT2D eigenvalue weighted by Crippen LogP contribution is 2.36. The Hall–Kier alpha value is -2.74. The molecule has 1 atom stereocenters. The van der Waals surface area contributed by atoms with Gasteiger partial charge in [0.2, 0.25) is 17.7 Å². The lowest BCUT2D eigenvalue weighted by Gasteiger charge is -2.27. The van der Waals surface area contributed by atoms with Crippen molar-refractivity contribution < 1.29 is 14.6 Å². The maximum absolute atomic E-state index is 12.9. The van der Waals surface area contributed by atoms with Crippen molar-refractivity contribution in [2.24, 2.45) is 5.41 Å². The van der Waals surface area contributed by atoms with Crippen molar-refractivity contribution in [1.82, 2.24) is 15.0 Å². The Morgan fingerprint density at radius 2 is 2.16 bits per heavy atom. The fourth-order valence-corrected chi connectivity index (χ4v) is 3.05. The lowest BCUT2D eigenvalue weighted by atomic mass is 9.82. The van der Waals surface area contributed by atoms with Crippen LogP contribution in [0.25, 0.3) is 0 Å². The first-order valence-corrected chi connectivity index (χ1v) is 8.11. The lowest BCUT2D eigenvalue weighted by Crippen LogP contribution is -2.40. The van der Waals surface area contributed by atoms with E-state index in [9.17, 15) is 9.90 Å². The average molecular weight is 343 g/mol. The van der Waals surface area contributed by atoms with Crippen molar-refractivity contribution in [1.29, 1.82) is 0 Å². The highest BCUT2D eigenvalue weighted by atomic mass is 16.5. The molecule has 1 aliphatic heterocycles. The third kappa shape index (κ3) is 3.69. The van der Waals surface area contributed by atoms with Gasteiger partial charge in [-0.2, -0.15) is 0 Å². The van der Waals surface area contributed by atoms with Gasteiger partial charge in [0, 0.05) is 38.2 Å². The van der Waals surface area contributed by atoms with E-state index in [2.05, 4.69) is 20.3 Å². The second-order valence-electron chi connectivity index (χ2n) is 6.02. The molecule has 3 rings (SSSR count). The van der Waals surface area contributed by atoms with Crippen LogP contribution >= 0.6 is 0 Å². The highest BCUT2D eigenvalue weighted by Gasteiger charge is 2.44. The van der Waals surface area contributed by atoms with Gasteiger partial charge in [-0.05, 0) is 25.0 Å². The van der Waals surface area contributed by atoms with Gasteiger partial charge in [-0.25, -0.2) is 15.0 Å². The fraction of sp³-hybridized carbons (Fsp3) is 0.412. The van der Waals surface area contributed by atoms with Crippen LogP contribution in [0.15, 0.2) is 36.8 Å². The Kier molecular flexibility index (Phi) is 5.08. The van der Waals surface area contributed by atoms with E-state index in [0.29, 0.717) is 43.4 Å². The van der Waals surface area contributed by atoms with Gasteiger partial charge in [0.05, 0.1) is 24.4 Å². The molecule has 2 aromatic rings. The van der Waals surface area contributed by atoms with Crippen molar-refractivity contribution in [3.05, 3.63) is 36.8 Å². The van der Waals surface area contributed by atoms with E-state index in [1.807, 2.05) is 4.90 Å². The van der Waals surface area contributed by atoms with Crippen LogP contribution in [0.2, 0.25) is 0 Å². The molecule has 1 saturated heterocycles. The molecule has 3 heterocycles. The molecule has 132 valence electrons. The van der Waals surface area contributed by atoms with Crippen LogP contribution in [0.4, 0.5) is 11.6 Å². The second-order valence-corrected chi connectivity index (χ2v) is 6.02. The summed E-state index contributed by atoms with van der Waals surface area (Å²) in [4.78, 5) is 27.5. The number of anilines is 2. The molecule has 8 heteroatoms. The number of carbonyl (C=O) groups excluding carboxylic acids is 1. The molecular formula is C17H21N5O3. The van der Waals surface area contributed by atoms with E-state index < -0.39 is 5.41 Å². The van der Waals surface area contributed by atoms with Crippen molar-refractivity contribution in [3.8, 4) is 5.88 Å². The number of carbonyl (C=O) groups is 1. The van der Waals surface area contributed by atoms with Crippen molar-refractivity contribution >= 4 is 17.5 Å². The predicted octanol–water partition coefficient (Wildman–Crippen LogP) is 1.10. The zero-order valence-corrected chi connectivity index (χ0v) is 14.1. The number of pyridine rings is 1. The lowest BCUT2D eigenvalue weighted by molar-refractivity contribution is -0.125. The fourth-order valence-electron chi connectivity index (χ4n) is 3.05. The van der Waals surface area contributed by atoms with Gasteiger partial charge in [-0.15, -0.1) is 0 Å². The number of aliphatic hydroxyl groups is 1. The summed E-state index contributed by atoms with van der Waals surface area (Å²) < 4.78 is 5.02. The molecule has 1 unspecified atom stereocenters. The maximum atomic E-state index is 12.9. The van der Waals surface area contributed by atoms with Crippen LogP contribution in [-0.2, 0) is 4.79 Å². The van der Waals surface area contributed by atoms with Crippen molar-refractivity contribution in [2.75, 3.05) is 37.0 Å². The minimum Gasteiger partial charge on any atom is -0.481 e. The van der Waals surface area contributed by atoms with Gasteiger partial charge >= 0.3 is 0 Å². The largest absolute Gasteiger partial charge is 0.481 e. The third-order valence-corrected chi connectivity index (χ3v) is 4.46. The smallest absolute Gasteiger partial charge is 0.232 e. The minimum absolute atomic E-state index is 0.0578. The van der Waals surface area contributed by atoms with Gasteiger partial charge in [0.25, 0.3) is 0 Å². The van der Waals surface area contributed by atoms with E-state index in [1.54, 1.807) is 36.8 Å². The monoisotopic (exact) mass is 343 g/mol. The standard InChI is InChI=1S/C17H21N5O3/c1-25-14-4-3-13(11-20-14)21-15(24)17(6-10-23)5-9-22(12-17)16-18-7-2-8-19-16/h2-4,7-8,11,23H,5-6,9-10,12H2,1H3,(H,21,24). The van der Waals surface area contributed by atoms with Crippen LogP contribution < -0.4 is 15.0 Å². The van der Waals surface area contributed by atoms with E-state index >= 15 is 0 Å².